The Bertz CT molecular complexity index is 791. The minimum atomic E-state index is -0.314. The highest BCUT2D eigenvalue weighted by Gasteiger charge is 2.25. The van der Waals surface area contributed by atoms with Crippen LogP contribution in [0.2, 0.25) is 0 Å². The summed E-state index contributed by atoms with van der Waals surface area (Å²) in [5.74, 6) is 0. The molecule has 128 valence electrons. The van der Waals surface area contributed by atoms with Gasteiger partial charge in [0.1, 0.15) is 12.1 Å². The first-order chi connectivity index (χ1) is 11.6. The van der Waals surface area contributed by atoms with Gasteiger partial charge in [0.15, 0.2) is 0 Å². The van der Waals surface area contributed by atoms with Gasteiger partial charge in [0, 0.05) is 17.0 Å². The highest BCUT2D eigenvalue weighted by atomic mass is 16.6. The second-order valence-corrected chi connectivity index (χ2v) is 6.20. The fourth-order valence-corrected chi connectivity index (χ4v) is 3.15. The molecule has 1 aliphatic rings. The van der Waals surface area contributed by atoms with Gasteiger partial charge in [-0.3, -0.25) is 4.90 Å². The van der Waals surface area contributed by atoms with Crippen molar-refractivity contribution in [1.82, 2.24) is 4.90 Å². The minimum absolute atomic E-state index is 0.238. The van der Waals surface area contributed by atoms with E-state index in [2.05, 4.69) is 6.07 Å². The zero-order chi connectivity index (χ0) is 17.1. The lowest BCUT2D eigenvalue weighted by atomic mass is 10.1. The summed E-state index contributed by atoms with van der Waals surface area (Å²) in [4.78, 5) is 26.7. The van der Waals surface area contributed by atoms with Crippen LogP contribution < -0.4 is 10.5 Å². The molecule has 0 bridgehead atoms. The topological polar surface area (TPSA) is 64.2 Å². The predicted molar refractivity (Wildman–Crippen MR) is 90.2 cm³/mol. The van der Waals surface area contributed by atoms with Gasteiger partial charge >= 0.3 is 11.7 Å². The van der Waals surface area contributed by atoms with Crippen LogP contribution in [0.3, 0.4) is 0 Å². The van der Waals surface area contributed by atoms with Crippen molar-refractivity contribution >= 4 is 17.1 Å². The van der Waals surface area contributed by atoms with Gasteiger partial charge in [0.05, 0.1) is 32.8 Å². The molecule has 2 heterocycles. The monoisotopic (exact) mass is 331 g/mol. The molecule has 1 fully saturated rings. The minimum Gasteiger partial charge on any atom is -0.450 e. The van der Waals surface area contributed by atoms with Gasteiger partial charge < -0.3 is 14.1 Å². The average Bonchev–Trinajstić information content (AvgIpc) is 2.56. The summed E-state index contributed by atoms with van der Waals surface area (Å²) in [6.45, 7) is 8.02. The van der Waals surface area contributed by atoms with E-state index in [4.69, 9.17) is 9.15 Å². The third kappa shape index (κ3) is 3.59. The number of nitrogens with one attached hydrogen (secondary N) is 1. The summed E-state index contributed by atoms with van der Waals surface area (Å²) in [5.41, 5.74) is 2.46. The van der Waals surface area contributed by atoms with E-state index in [0.29, 0.717) is 25.3 Å². The van der Waals surface area contributed by atoms with E-state index in [1.165, 1.54) is 4.90 Å². The zero-order valence-electron chi connectivity index (χ0n) is 14.1. The second-order valence-electron chi connectivity index (χ2n) is 6.20. The molecule has 1 saturated heterocycles. The third-order valence-electron chi connectivity index (χ3n) is 4.42. The number of benzene rings is 1. The molecule has 1 N–H and O–H groups in total. The van der Waals surface area contributed by atoms with E-state index in [9.17, 15) is 9.59 Å². The quantitative estimate of drug-likeness (QED) is 0.851. The normalized spacial score (nSPS) is 15.7. The Morgan fingerprint density at radius 2 is 2.04 bits per heavy atom. The second kappa shape index (κ2) is 7.05. The first-order valence-electron chi connectivity index (χ1n) is 8.35. The zero-order valence-corrected chi connectivity index (χ0v) is 14.1. The van der Waals surface area contributed by atoms with Crippen molar-refractivity contribution in [3.63, 3.8) is 0 Å². The number of nitrogens with zero attached hydrogens (tertiary/aromatic N) is 1. The van der Waals surface area contributed by atoms with Crippen LogP contribution >= 0.6 is 0 Å². The van der Waals surface area contributed by atoms with E-state index in [-0.39, 0.29) is 11.7 Å². The smallest absolute Gasteiger partial charge is 0.410 e. The van der Waals surface area contributed by atoms with Crippen LogP contribution in [0.5, 0.6) is 0 Å². The van der Waals surface area contributed by atoms with Crippen molar-refractivity contribution < 1.29 is 18.8 Å². The first kappa shape index (κ1) is 16.5. The Hall–Kier alpha value is -2.34. The summed E-state index contributed by atoms with van der Waals surface area (Å²) in [7, 11) is 0. The molecule has 1 aromatic carbocycles. The number of quaternary nitrogens is 1. The molecule has 1 aliphatic heterocycles. The summed E-state index contributed by atoms with van der Waals surface area (Å²) < 4.78 is 10.3. The summed E-state index contributed by atoms with van der Waals surface area (Å²) in [5, 5.41) is 0.995. The molecular weight excluding hydrogens is 308 g/mol. The van der Waals surface area contributed by atoms with Crippen LogP contribution in [0.15, 0.2) is 33.5 Å². The van der Waals surface area contributed by atoms with Gasteiger partial charge in [-0.1, -0.05) is 11.6 Å². The molecule has 1 aromatic heterocycles. The number of carbonyl (C=O) groups is 1. The van der Waals surface area contributed by atoms with E-state index < -0.39 is 0 Å². The molecule has 0 saturated carbocycles. The summed E-state index contributed by atoms with van der Waals surface area (Å²) in [6.07, 6.45) is -0.238. The largest absolute Gasteiger partial charge is 0.450 e. The lowest BCUT2D eigenvalue weighted by molar-refractivity contribution is -0.917. The van der Waals surface area contributed by atoms with E-state index in [0.717, 1.165) is 36.1 Å². The van der Waals surface area contributed by atoms with Crippen molar-refractivity contribution in [2.45, 2.75) is 20.4 Å². The number of ether oxygens (including phenoxy) is 1. The fourth-order valence-electron chi connectivity index (χ4n) is 3.15. The molecule has 6 nitrogen and oxygen atoms in total. The van der Waals surface area contributed by atoms with Crippen molar-refractivity contribution in [3.05, 3.63) is 45.8 Å². The molecule has 3 rings (SSSR count). The van der Waals surface area contributed by atoms with Crippen molar-refractivity contribution in [3.8, 4) is 0 Å². The van der Waals surface area contributed by atoms with Crippen LogP contribution in [0, 0.1) is 6.92 Å². The lowest BCUT2D eigenvalue weighted by Crippen LogP contribution is -3.13. The van der Waals surface area contributed by atoms with Crippen molar-refractivity contribution in [2.24, 2.45) is 0 Å². The van der Waals surface area contributed by atoms with Gasteiger partial charge in [-0.05, 0) is 26.0 Å². The number of fused-ring (bicyclic) bond motifs is 1. The van der Waals surface area contributed by atoms with Gasteiger partial charge in [-0.2, -0.15) is 0 Å². The standard InChI is InChI=1S/C18H22N2O4/c1-3-23-18(22)20-8-6-19(7-9-20)12-14-11-17(21)24-16-5-4-13(2)10-15(14)16/h4-5,10-11H,3,6-9,12H2,1-2H3/p+1. The maximum Gasteiger partial charge on any atom is 0.410 e. The Morgan fingerprint density at radius 3 is 2.75 bits per heavy atom. The number of hydrogen-bond acceptors (Lipinski definition) is 4. The Kier molecular flexibility index (Phi) is 4.85. The van der Waals surface area contributed by atoms with Crippen LogP contribution in [0.4, 0.5) is 4.79 Å². The van der Waals surface area contributed by atoms with E-state index in [1.807, 2.05) is 26.0 Å². The number of amides is 1. The number of hydrogen-bond donors (Lipinski definition) is 1. The molecule has 1 amide bonds. The maximum atomic E-state index is 11.8. The fraction of sp³-hybridized carbons (Fsp3) is 0.444. The molecule has 0 spiro atoms. The van der Waals surface area contributed by atoms with Gasteiger partial charge in [0.25, 0.3) is 0 Å². The molecular formula is C18H23N2O4+. The van der Waals surface area contributed by atoms with Gasteiger partial charge in [-0.25, -0.2) is 9.59 Å². The third-order valence-corrected chi connectivity index (χ3v) is 4.42. The Labute approximate surface area is 140 Å². The number of piperazine rings is 1. The van der Waals surface area contributed by atoms with Crippen LogP contribution in [-0.4, -0.2) is 43.8 Å². The Morgan fingerprint density at radius 1 is 1.29 bits per heavy atom. The summed E-state index contributed by atoms with van der Waals surface area (Å²) >= 11 is 0. The molecule has 6 heteroatoms. The van der Waals surface area contributed by atoms with Crippen LogP contribution in [0.25, 0.3) is 11.0 Å². The lowest BCUT2D eigenvalue weighted by Gasteiger charge is -2.31. The molecule has 0 aliphatic carbocycles. The number of carbonyl (C=O) groups excluding carboxylic acids is 1. The SMILES string of the molecule is CCOC(=O)N1CC[NH+](Cc2cc(=O)oc3ccc(C)cc23)CC1. The van der Waals surface area contributed by atoms with Gasteiger partial charge in [-0.15, -0.1) is 0 Å². The highest BCUT2D eigenvalue weighted by molar-refractivity contribution is 5.80. The molecule has 0 radical (unpaired) electrons. The molecule has 24 heavy (non-hydrogen) atoms. The average molecular weight is 331 g/mol. The number of rotatable bonds is 3. The van der Waals surface area contributed by atoms with E-state index >= 15 is 0 Å². The summed E-state index contributed by atoms with van der Waals surface area (Å²) in [6, 6.07) is 7.44. The molecule has 0 atom stereocenters. The first-order valence-corrected chi connectivity index (χ1v) is 8.35. The van der Waals surface area contributed by atoms with Crippen molar-refractivity contribution in [1.29, 1.82) is 0 Å². The van der Waals surface area contributed by atoms with Crippen LogP contribution in [-0.2, 0) is 11.3 Å². The Balaban J connectivity index is 1.73. The molecule has 2 aromatic rings. The highest BCUT2D eigenvalue weighted by Crippen LogP contribution is 2.18. The van der Waals surface area contributed by atoms with E-state index in [1.54, 1.807) is 11.0 Å². The van der Waals surface area contributed by atoms with Crippen LogP contribution in [0.1, 0.15) is 18.1 Å². The van der Waals surface area contributed by atoms with Crippen molar-refractivity contribution in [2.75, 3.05) is 32.8 Å². The van der Waals surface area contributed by atoms with Gasteiger partial charge in [0.2, 0.25) is 0 Å². The number of aryl methyl sites for hydroxylation is 1. The molecule has 0 unspecified atom stereocenters. The predicted octanol–water partition coefficient (Wildman–Crippen LogP) is 0.958. The maximum absolute atomic E-state index is 11.8.